The first-order valence-corrected chi connectivity index (χ1v) is 12.6. The number of benzene rings is 2. The number of rotatable bonds is 10. The van der Waals surface area contributed by atoms with Gasteiger partial charge >= 0.3 is 5.97 Å². The van der Waals surface area contributed by atoms with Gasteiger partial charge in [-0.25, -0.2) is 13.1 Å². The lowest BCUT2D eigenvalue weighted by molar-refractivity contribution is -0.137. The van der Waals surface area contributed by atoms with Gasteiger partial charge in [0.2, 0.25) is 10.0 Å². The molecule has 1 saturated heterocycles. The van der Waals surface area contributed by atoms with E-state index >= 15 is 0 Å². The number of halogens is 2. The van der Waals surface area contributed by atoms with Crippen LogP contribution in [0.2, 0.25) is 10.0 Å². The maximum absolute atomic E-state index is 12.8. The van der Waals surface area contributed by atoms with Gasteiger partial charge < -0.3 is 5.11 Å². The molecule has 172 valence electrons. The lowest BCUT2D eigenvalue weighted by Crippen LogP contribution is -2.37. The lowest BCUT2D eigenvalue weighted by atomic mass is 10.1. The first-order valence-electron chi connectivity index (χ1n) is 10.4. The van der Waals surface area contributed by atoms with Crippen LogP contribution in [0, 0.1) is 0 Å². The summed E-state index contributed by atoms with van der Waals surface area (Å²) in [5, 5.41) is 9.94. The molecular weight excluding hydrogens is 471 g/mol. The Labute approximate surface area is 198 Å². The van der Waals surface area contributed by atoms with Crippen LogP contribution in [-0.4, -0.2) is 43.0 Å². The SMILES string of the molecule is O=C(O)CCC/C=C\[C@@H]1C[C@@H](NS(=O)(=O)c2ccc(Cl)cc2)CN1Cc1ccccc1Cl. The number of nitrogens with zero attached hydrogens (tertiary/aromatic N) is 1. The maximum Gasteiger partial charge on any atom is 0.303 e. The van der Waals surface area contributed by atoms with Gasteiger partial charge in [0.25, 0.3) is 0 Å². The summed E-state index contributed by atoms with van der Waals surface area (Å²) in [5.41, 5.74) is 0.972. The average Bonchev–Trinajstić information content (AvgIpc) is 3.10. The van der Waals surface area contributed by atoms with Gasteiger partial charge in [0.1, 0.15) is 0 Å². The van der Waals surface area contributed by atoms with Gasteiger partial charge in [-0.1, -0.05) is 53.6 Å². The number of carbonyl (C=O) groups is 1. The Hall–Kier alpha value is -1.90. The van der Waals surface area contributed by atoms with Crippen LogP contribution in [0.1, 0.15) is 31.2 Å². The number of unbranched alkanes of at least 4 members (excludes halogenated alkanes) is 1. The third kappa shape index (κ3) is 7.05. The molecule has 0 unspecified atom stereocenters. The molecule has 0 radical (unpaired) electrons. The van der Waals surface area contributed by atoms with Gasteiger partial charge in [0.05, 0.1) is 4.90 Å². The molecule has 1 aliphatic rings. The average molecular weight is 497 g/mol. The molecule has 9 heteroatoms. The largest absolute Gasteiger partial charge is 0.481 e. The fraction of sp³-hybridized carbons (Fsp3) is 0.348. The van der Waals surface area contributed by atoms with Crippen LogP contribution in [0.25, 0.3) is 0 Å². The number of carboxylic acid groups (broad SMARTS) is 1. The number of sulfonamides is 1. The predicted octanol–water partition coefficient (Wildman–Crippen LogP) is 4.73. The number of nitrogens with one attached hydrogen (secondary N) is 1. The number of aliphatic carboxylic acids is 1. The van der Waals surface area contributed by atoms with Crippen molar-refractivity contribution in [2.45, 2.75) is 49.2 Å². The molecule has 1 heterocycles. The minimum absolute atomic E-state index is 0.00835. The zero-order valence-corrected chi connectivity index (χ0v) is 19.8. The Kier molecular flexibility index (Phi) is 8.73. The van der Waals surface area contributed by atoms with Crippen molar-refractivity contribution in [3.8, 4) is 0 Å². The molecule has 0 aliphatic carbocycles. The van der Waals surface area contributed by atoms with Crippen molar-refractivity contribution in [2.24, 2.45) is 0 Å². The van der Waals surface area contributed by atoms with E-state index in [1.807, 2.05) is 36.4 Å². The molecule has 1 fully saturated rings. The Balaban J connectivity index is 1.71. The Bertz CT molecular complexity index is 1060. The number of hydrogen-bond donors (Lipinski definition) is 2. The summed E-state index contributed by atoms with van der Waals surface area (Å²) >= 11 is 12.2. The molecule has 2 aromatic carbocycles. The van der Waals surface area contributed by atoms with Crippen LogP contribution in [0.3, 0.4) is 0 Å². The number of allylic oxidation sites excluding steroid dienone is 1. The second-order valence-corrected chi connectivity index (χ2v) is 10.4. The van der Waals surface area contributed by atoms with E-state index in [1.165, 1.54) is 12.1 Å². The third-order valence-corrected chi connectivity index (χ3v) is 7.50. The van der Waals surface area contributed by atoms with E-state index < -0.39 is 16.0 Å². The molecule has 2 atom stereocenters. The zero-order valence-electron chi connectivity index (χ0n) is 17.5. The summed E-state index contributed by atoms with van der Waals surface area (Å²) in [7, 11) is -3.68. The van der Waals surface area contributed by atoms with E-state index in [1.54, 1.807) is 12.1 Å². The highest BCUT2D eigenvalue weighted by atomic mass is 35.5. The fourth-order valence-corrected chi connectivity index (χ4v) is 5.33. The predicted molar refractivity (Wildman–Crippen MR) is 126 cm³/mol. The summed E-state index contributed by atoms with van der Waals surface area (Å²) < 4.78 is 28.5. The summed E-state index contributed by atoms with van der Waals surface area (Å²) in [4.78, 5) is 13.1. The van der Waals surface area contributed by atoms with Gasteiger partial charge in [0.15, 0.2) is 0 Å². The van der Waals surface area contributed by atoms with Crippen molar-refractivity contribution < 1.29 is 18.3 Å². The first-order chi connectivity index (χ1) is 15.2. The van der Waals surface area contributed by atoms with Crippen molar-refractivity contribution in [2.75, 3.05) is 6.54 Å². The first kappa shape index (κ1) is 24.7. The molecule has 0 saturated carbocycles. The molecule has 2 N–H and O–H groups in total. The number of likely N-dealkylation sites (tertiary alicyclic amines) is 1. The van der Waals surface area contributed by atoms with E-state index in [-0.39, 0.29) is 23.4 Å². The molecule has 2 aromatic rings. The molecule has 1 aliphatic heterocycles. The molecule has 3 rings (SSSR count). The highest BCUT2D eigenvalue weighted by molar-refractivity contribution is 7.89. The second kappa shape index (κ2) is 11.3. The standard InChI is InChI=1S/C23H26Cl2N2O4S/c24-18-10-12-21(13-11-18)32(30,31)26-19-14-20(7-2-1-3-9-23(28)29)27(16-19)15-17-6-4-5-8-22(17)25/h2,4-8,10-13,19-20,26H,1,3,9,14-16H2,(H,28,29)/b7-2-/t19-,20-/m1/s1. The van der Waals surface area contributed by atoms with Crippen LogP contribution in [-0.2, 0) is 21.4 Å². The minimum atomic E-state index is -3.68. The van der Waals surface area contributed by atoms with Crippen LogP contribution in [0.5, 0.6) is 0 Å². The second-order valence-electron chi connectivity index (χ2n) is 7.81. The van der Waals surface area contributed by atoms with Crippen LogP contribution in [0.15, 0.2) is 65.6 Å². The van der Waals surface area contributed by atoms with E-state index in [2.05, 4.69) is 9.62 Å². The molecular formula is C23H26Cl2N2O4S. The van der Waals surface area contributed by atoms with Gasteiger partial charge in [-0.3, -0.25) is 9.69 Å². The normalized spacial score (nSPS) is 19.6. The molecule has 32 heavy (non-hydrogen) atoms. The van der Waals surface area contributed by atoms with Crippen LogP contribution in [0.4, 0.5) is 0 Å². The summed E-state index contributed by atoms with van der Waals surface area (Å²) in [5.74, 6) is -0.809. The molecule has 6 nitrogen and oxygen atoms in total. The molecule has 0 amide bonds. The van der Waals surface area contributed by atoms with Crippen LogP contribution >= 0.6 is 23.2 Å². The van der Waals surface area contributed by atoms with Crippen molar-refractivity contribution in [3.63, 3.8) is 0 Å². The monoisotopic (exact) mass is 496 g/mol. The Morgan fingerprint density at radius 3 is 2.56 bits per heavy atom. The Morgan fingerprint density at radius 2 is 1.88 bits per heavy atom. The summed E-state index contributed by atoms with van der Waals surface area (Å²) in [6.45, 7) is 1.12. The number of carboxylic acids is 1. The van der Waals surface area contributed by atoms with E-state index in [4.69, 9.17) is 28.3 Å². The molecule has 0 spiro atoms. The maximum atomic E-state index is 12.8. The molecule has 0 aromatic heterocycles. The van der Waals surface area contributed by atoms with E-state index in [9.17, 15) is 13.2 Å². The van der Waals surface area contributed by atoms with Crippen molar-refractivity contribution in [3.05, 3.63) is 76.3 Å². The van der Waals surface area contributed by atoms with Crippen molar-refractivity contribution in [1.29, 1.82) is 0 Å². The van der Waals surface area contributed by atoms with Crippen LogP contribution < -0.4 is 4.72 Å². The number of hydrogen-bond acceptors (Lipinski definition) is 4. The molecule has 0 bridgehead atoms. The van der Waals surface area contributed by atoms with Crippen molar-refractivity contribution >= 4 is 39.2 Å². The van der Waals surface area contributed by atoms with Gasteiger partial charge in [0, 0.05) is 41.6 Å². The summed E-state index contributed by atoms with van der Waals surface area (Å²) in [6.07, 6.45) is 5.97. The van der Waals surface area contributed by atoms with Gasteiger partial charge in [-0.05, 0) is 55.2 Å². The van der Waals surface area contributed by atoms with E-state index in [0.29, 0.717) is 42.4 Å². The van der Waals surface area contributed by atoms with Crippen molar-refractivity contribution in [1.82, 2.24) is 9.62 Å². The smallest absolute Gasteiger partial charge is 0.303 e. The third-order valence-electron chi connectivity index (χ3n) is 5.35. The van der Waals surface area contributed by atoms with Gasteiger partial charge in [-0.15, -0.1) is 0 Å². The highest BCUT2D eigenvalue weighted by Crippen LogP contribution is 2.26. The summed E-state index contributed by atoms with van der Waals surface area (Å²) in [6, 6.07) is 13.4. The Morgan fingerprint density at radius 1 is 1.16 bits per heavy atom. The topological polar surface area (TPSA) is 86.7 Å². The fourth-order valence-electron chi connectivity index (χ4n) is 3.77. The minimum Gasteiger partial charge on any atom is -0.481 e. The van der Waals surface area contributed by atoms with Gasteiger partial charge in [-0.2, -0.15) is 0 Å². The zero-order chi connectivity index (χ0) is 23.1. The quantitative estimate of drug-likeness (QED) is 0.366. The van der Waals surface area contributed by atoms with E-state index in [0.717, 1.165) is 5.56 Å². The lowest BCUT2D eigenvalue weighted by Gasteiger charge is -2.22. The highest BCUT2D eigenvalue weighted by Gasteiger charge is 2.33.